The number of nitrogens with zero attached hydrogens (tertiary/aromatic N) is 2. The summed E-state index contributed by atoms with van der Waals surface area (Å²) in [4.78, 5) is 34.5. The second-order valence-electron chi connectivity index (χ2n) is 6.75. The van der Waals surface area contributed by atoms with Gasteiger partial charge >= 0.3 is 12.0 Å². The van der Waals surface area contributed by atoms with Crippen LogP contribution in [0.5, 0.6) is 0 Å². The maximum absolute atomic E-state index is 13.3. The molecule has 0 spiro atoms. The van der Waals surface area contributed by atoms with E-state index >= 15 is 0 Å². The van der Waals surface area contributed by atoms with Crippen molar-refractivity contribution >= 4 is 40.9 Å². The zero-order valence-electron chi connectivity index (χ0n) is 16.0. The van der Waals surface area contributed by atoms with E-state index in [-0.39, 0.29) is 11.6 Å². The number of halogens is 2. The number of amides is 2. The molecule has 7 nitrogen and oxygen atoms in total. The van der Waals surface area contributed by atoms with Gasteiger partial charge in [0, 0.05) is 28.7 Å². The highest BCUT2D eigenvalue weighted by Gasteiger charge is 2.35. The predicted molar refractivity (Wildman–Crippen MR) is 114 cm³/mol. The lowest BCUT2D eigenvalue weighted by atomic mass is 9.96. The zero-order chi connectivity index (χ0) is 21.3. The molecule has 2 N–H and O–H groups in total. The Balaban J connectivity index is 1.71. The normalized spacial score (nSPS) is 15.4. The topological polar surface area (TPSA) is 87.3 Å². The number of hydrogen-bond donors (Lipinski definition) is 2. The van der Waals surface area contributed by atoms with Crippen LogP contribution in [0.2, 0.25) is 10.0 Å². The van der Waals surface area contributed by atoms with Gasteiger partial charge in [-0.1, -0.05) is 41.4 Å². The van der Waals surface area contributed by atoms with Gasteiger partial charge in [-0.3, -0.25) is 0 Å². The van der Waals surface area contributed by atoms with Crippen molar-refractivity contribution in [3.63, 3.8) is 0 Å². The quantitative estimate of drug-likeness (QED) is 0.573. The van der Waals surface area contributed by atoms with Gasteiger partial charge in [-0.15, -0.1) is 0 Å². The molecule has 0 aliphatic carbocycles. The maximum Gasteiger partial charge on any atom is 0.339 e. The number of imidazole rings is 1. The minimum atomic E-state index is -0.531. The van der Waals surface area contributed by atoms with E-state index in [1.165, 1.54) is 7.11 Å². The van der Waals surface area contributed by atoms with Crippen LogP contribution in [-0.4, -0.2) is 40.5 Å². The smallest absolute Gasteiger partial charge is 0.339 e. The van der Waals surface area contributed by atoms with Gasteiger partial charge in [0.2, 0.25) is 0 Å². The van der Waals surface area contributed by atoms with Crippen LogP contribution in [0.25, 0.3) is 0 Å². The summed E-state index contributed by atoms with van der Waals surface area (Å²) in [5.41, 5.74) is 3.02. The fraction of sp³-hybridized carbons (Fsp3) is 0.190. The van der Waals surface area contributed by atoms with Crippen molar-refractivity contribution in [1.82, 2.24) is 14.9 Å². The van der Waals surface area contributed by atoms with E-state index in [2.05, 4.69) is 15.3 Å². The third kappa shape index (κ3) is 3.74. The molecule has 30 heavy (non-hydrogen) atoms. The van der Waals surface area contributed by atoms with Gasteiger partial charge in [0.15, 0.2) is 0 Å². The average Bonchev–Trinajstić information content (AvgIpc) is 3.22. The van der Waals surface area contributed by atoms with Gasteiger partial charge in [-0.2, -0.15) is 0 Å². The minimum Gasteiger partial charge on any atom is -0.465 e. The van der Waals surface area contributed by atoms with Crippen LogP contribution in [0, 0.1) is 0 Å². The molecule has 0 radical (unpaired) electrons. The fourth-order valence-electron chi connectivity index (χ4n) is 3.60. The van der Waals surface area contributed by atoms with Crippen LogP contribution >= 0.6 is 23.2 Å². The molecule has 2 amide bonds. The number of para-hydroxylation sites is 1. The molecule has 2 heterocycles. The average molecular weight is 445 g/mol. The van der Waals surface area contributed by atoms with Gasteiger partial charge in [-0.05, 0) is 29.8 Å². The lowest BCUT2D eigenvalue weighted by Gasteiger charge is -2.35. The first kappa shape index (κ1) is 20.3. The summed E-state index contributed by atoms with van der Waals surface area (Å²) in [7, 11) is 1.29. The van der Waals surface area contributed by atoms with E-state index in [0.29, 0.717) is 34.3 Å². The van der Waals surface area contributed by atoms with Crippen LogP contribution in [0.15, 0.2) is 48.8 Å². The summed E-state index contributed by atoms with van der Waals surface area (Å²) >= 11 is 12.5. The first-order valence-corrected chi connectivity index (χ1v) is 9.97. The summed E-state index contributed by atoms with van der Waals surface area (Å²) < 4.78 is 4.81. The molecule has 3 aromatic rings. The lowest BCUT2D eigenvalue weighted by molar-refractivity contribution is 0.0602. The Morgan fingerprint density at radius 2 is 2.03 bits per heavy atom. The number of carbonyl (C=O) groups is 2. The van der Waals surface area contributed by atoms with Gasteiger partial charge in [0.05, 0.1) is 30.4 Å². The van der Waals surface area contributed by atoms with Crippen molar-refractivity contribution in [2.45, 2.75) is 12.5 Å². The molecule has 1 aliphatic heterocycles. The molecule has 154 valence electrons. The molecule has 2 aromatic carbocycles. The van der Waals surface area contributed by atoms with Crippen molar-refractivity contribution < 1.29 is 14.3 Å². The molecular formula is C21H18Cl2N4O3. The number of ether oxygens (including phenoxy) is 1. The van der Waals surface area contributed by atoms with Crippen LogP contribution in [0.4, 0.5) is 10.5 Å². The number of urea groups is 1. The Morgan fingerprint density at radius 1 is 1.23 bits per heavy atom. The summed E-state index contributed by atoms with van der Waals surface area (Å²) in [5, 5.41) is 3.77. The number of carbonyl (C=O) groups excluding carboxylic acids is 2. The van der Waals surface area contributed by atoms with Crippen molar-refractivity contribution in [3.05, 3.63) is 81.4 Å². The molecule has 1 atom stereocenters. The number of aromatic amines is 1. The van der Waals surface area contributed by atoms with Crippen molar-refractivity contribution in [1.29, 1.82) is 0 Å². The van der Waals surface area contributed by atoms with Crippen molar-refractivity contribution in [3.8, 4) is 0 Å². The van der Waals surface area contributed by atoms with Crippen LogP contribution < -0.4 is 5.32 Å². The first-order valence-electron chi connectivity index (χ1n) is 9.21. The number of methoxy groups -OCH3 is 1. The van der Waals surface area contributed by atoms with Crippen LogP contribution in [0.1, 0.15) is 33.4 Å². The van der Waals surface area contributed by atoms with E-state index in [0.717, 1.165) is 11.4 Å². The molecule has 4 rings (SSSR count). The summed E-state index contributed by atoms with van der Waals surface area (Å²) in [6, 6.07) is 11.0. The van der Waals surface area contributed by atoms with Gasteiger partial charge < -0.3 is 19.9 Å². The predicted octanol–water partition coefficient (Wildman–Crippen LogP) is 4.68. The Morgan fingerprint density at radius 3 is 2.80 bits per heavy atom. The third-order valence-corrected chi connectivity index (χ3v) is 5.58. The third-order valence-electron chi connectivity index (χ3n) is 5.02. The summed E-state index contributed by atoms with van der Waals surface area (Å²) in [5.74, 6) is -0.531. The maximum atomic E-state index is 13.3. The zero-order valence-corrected chi connectivity index (χ0v) is 17.5. The second kappa shape index (κ2) is 8.38. The largest absolute Gasteiger partial charge is 0.465 e. The molecule has 0 fully saturated rings. The number of benzene rings is 2. The highest BCUT2D eigenvalue weighted by Crippen LogP contribution is 2.38. The first-order chi connectivity index (χ1) is 14.5. The summed E-state index contributed by atoms with van der Waals surface area (Å²) in [6.45, 7) is 0.436. The SMILES string of the molecule is COC(=O)c1ccccc1NC(=O)N1CCc2[nH]cnc2[C@H]1c1ccc(Cl)cc1Cl. The number of rotatable bonds is 3. The molecule has 0 unspecified atom stereocenters. The minimum absolute atomic E-state index is 0.270. The number of hydrogen-bond acceptors (Lipinski definition) is 4. The highest BCUT2D eigenvalue weighted by atomic mass is 35.5. The summed E-state index contributed by atoms with van der Waals surface area (Å²) in [6.07, 6.45) is 2.22. The van der Waals surface area contributed by atoms with Gasteiger partial charge in [0.25, 0.3) is 0 Å². The Kier molecular flexibility index (Phi) is 5.65. The molecule has 1 aromatic heterocycles. The number of anilines is 1. The molecular weight excluding hydrogens is 427 g/mol. The number of nitrogens with one attached hydrogen (secondary N) is 2. The van der Waals surface area contributed by atoms with Crippen molar-refractivity contribution in [2.24, 2.45) is 0 Å². The highest BCUT2D eigenvalue weighted by molar-refractivity contribution is 6.35. The number of aromatic nitrogens is 2. The Labute approximate surface area is 183 Å². The number of esters is 1. The molecule has 0 saturated carbocycles. The van der Waals surface area contributed by atoms with Gasteiger partial charge in [0.1, 0.15) is 6.04 Å². The van der Waals surface area contributed by atoms with Crippen LogP contribution in [0.3, 0.4) is 0 Å². The monoisotopic (exact) mass is 444 g/mol. The van der Waals surface area contributed by atoms with Crippen molar-refractivity contribution in [2.75, 3.05) is 19.0 Å². The van der Waals surface area contributed by atoms with E-state index in [1.807, 2.05) is 0 Å². The fourth-order valence-corrected chi connectivity index (χ4v) is 4.11. The Hall–Kier alpha value is -3.03. The molecule has 1 aliphatic rings. The second-order valence-corrected chi connectivity index (χ2v) is 7.59. The van der Waals surface area contributed by atoms with E-state index in [1.54, 1.807) is 53.7 Å². The number of H-pyrrole nitrogens is 1. The molecule has 9 heteroatoms. The molecule has 0 bridgehead atoms. The Bertz CT molecular complexity index is 1120. The van der Waals surface area contributed by atoms with Crippen LogP contribution in [-0.2, 0) is 11.2 Å². The standard InChI is InChI=1S/C21H18Cl2N4O3/c1-30-20(28)14-4-2-3-5-16(14)26-21(29)27-9-8-17-18(25-11-24-17)19(27)13-7-6-12(22)10-15(13)23/h2-7,10-11,19H,8-9H2,1H3,(H,24,25)(H,26,29)/t19-/m1/s1. The van der Waals surface area contributed by atoms with E-state index < -0.39 is 12.0 Å². The number of fused-ring (bicyclic) bond motifs is 1. The lowest BCUT2D eigenvalue weighted by Crippen LogP contribution is -2.43. The van der Waals surface area contributed by atoms with Gasteiger partial charge in [-0.25, -0.2) is 14.6 Å². The molecule has 0 saturated heterocycles. The van der Waals surface area contributed by atoms with E-state index in [9.17, 15) is 9.59 Å². The van der Waals surface area contributed by atoms with E-state index in [4.69, 9.17) is 27.9 Å².